The third-order valence-corrected chi connectivity index (χ3v) is 7.82. The van der Waals surface area contributed by atoms with Crippen molar-refractivity contribution >= 4 is 15.9 Å². The first-order valence-corrected chi connectivity index (χ1v) is 12.4. The maximum Gasteiger partial charge on any atom is 0.511 e. The molecule has 1 saturated carbocycles. The van der Waals surface area contributed by atoms with Gasteiger partial charge < -0.3 is 14.4 Å². The van der Waals surface area contributed by atoms with Crippen LogP contribution in [0, 0.1) is 0 Å². The fraction of sp³-hybridized carbons (Fsp3) is 0.667. The molecule has 7 nitrogen and oxygen atoms in total. The summed E-state index contributed by atoms with van der Waals surface area (Å²) in [7, 11) is -5.55. The van der Waals surface area contributed by atoms with Crippen LogP contribution in [0.2, 0.25) is 0 Å². The van der Waals surface area contributed by atoms with Crippen molar-refractivity contribution in [2.24, 2.45) is 0 Å². The number of hydrogen-bond donors (Lipinski definition) is 1. The van der Waals surface area contributed by atoms with E-state index >= 15 is 0 Å². The molecule has 178 valence electrons. The topological polar surface area (TPSA) is 84.9 Å². The number of fused-ring (bicyclic) bond motifs is 5. The Labute approximate surface area is 185 Å². The lowest BCUT2D eigenvalue weighted by molar-refractivity contribution is -0.140. The summed E-state index contributed by atoms with van der Waals surface area (Å²) in [6.07, 6.45) is 3.77. The van der Waals surface area contributed by atoms with E-state index in [2.05, 4.69) is 0 Å². The van der Waals surface area contributed by atoms with E-state index in [9.17, 15) is 26.4 Å². The second-order valence-corrected chi connectivity index (χ2v) is 10.3. The average molecular weight is 477 g/mol. The number of sulfonamides is 1. The number of nitrogens with one attached hydrogen (secondary N) is 1. The van der Waals surface area contributed by atoms with Crippen LogP contribution in [-0.2, 0) is 19.6 Å². The van der Waals surface area contributed by atoms with Crippen molar-refractivity contribution in [3.8, 4) is 5.75 Å². The van der Waals surface area contributed by atoms with E-state index in [0.717, 1.165) is 31.2 Å². The van der Waals surface area contributed by atoms with Crippen molar-refractivity contribution in [2.75, 3.05) is 19.8 Å². The first-order chi connectivity index (χ1) is 15.2. The number of hydrogen-bond acceptors (Lipinski definition) is 5. The molecule has 0 radical (unpaired) electrons. The smallest absolute Gasteiger partial charge is 0.483 e. The molecular formula is C21H27F3N2O5S. The van der Waals surface area contributed by atoms with Gasteiger partial charge in [-0.15, -0.1) is 0 Å². The number of benzene rings is 1. The van der Waals surface area contributed by atoms with E-state index in [1.54, 1.807) is 4.72 Å². The zero-order chi connectivity index (χ0) is 22.9. The Kier molecular flexibility index (Phi) is 6.69. The molecule has 2 fully saturated rings. The lowest BCUT2D eigenvalue weighted by Crippen LogP contribution is -2.60. The van der Waals surface area contributed by atoms with Crippen LogP contribution in [0.5, 0.6) is 5.75 Å². The molecule has 32 heavy (non-hydrogen) atoms. The second-order valence-electron chi connectivity index (χ2n) is 8.60. The molecule has 1 N–H and O–H groups in total. The molecule has 0 aromatic heterocycles. The van der Waals surface area contributed by atoms with Gasteiger partial charge in [-0.2, -0.15) is 13.2 Å². The number of nitrogens with zero attached hydrogens (tertiary/aromatic N) is 1. The van der Waals surface area contributed by atoms with Crippen LogP contribution in [0.1, 0.15) is 50.0 Å². The van der Waals surface area contributed by atoms with Gasteiger partial charge in [-0.1, -0.05) is 18.2 Å². The summed E-state index contributed by atoms with van der Waals surface area (Å²) >= 11 is 0. The predicted octanol–water partition coefficient (Wildman–Crippen LogP) is 2.92. The molecule has 5 rings (SSSR count). The number of alkyl halides is 3. The van der Waals surface area contributed by atoms with Gasteiger partial charge >= 0.3 is 15.5 Å². The Morgan fingerprint density at radius 2 is 1.78 bits per heavy atom. The highest BCUT2D eigenvalue weighted by Gasteiger charge is 2.49. The summed E-state index contributed by atoms with van der Waals surface area (Å²) in [5, 5.41) is 0. The lowest BCUT2D eigenvalue weighted by Gasteiger charge is -2.42. The Hall–Kier alpha value is -1.85. The third-order valence-electron chi connectivity index (χ3n) is 6.60. The molecule has 1 amide bonds. The number of piperidine rings is 1. The number of carbonyl (C=O) groups is 1. The number of halogens is 3. The Balaban J connectivity index is 1.60. The molecule has 2 unspecified atom stereocenters. The van der Waals surface area contributed by atoms with Gasteiger partial charge in [0.25, 0.3) is 5.91 Å². The number of para-hydroxylation sites is 1. The third kappa shape index (κ3) is 4.89. The molecule has 1 saturated heterocycles. The van der Waals surface area contributed by atoms with Gasteiger partial charge in [-0.3, -0.25) is 4.79 Å². The first-order valence-electron chi connectivity index (χ1n) is 10.9. The van der Waals surface area contributed by atoms with Gasteiger partial charge in [-0.05, 0) is 56.1 Å². The van der Waals surface area contributed by atoms with Crippen LogP contribution in [-0.4, -0.2) is 62.7 Å². The molecule has 3 heterocycles. The normalized spacial score (nSPS) is 29.7. The summed E-state index contributed by atoms with van der Waals surface area (Å²) in [5.41, 5.74) is -4.38. The number of carbonyl (C=O) groups excluding carboxylic acids is 1. The summed E-state index contributed by atoms with van der Waals surface area (Å²) in [5.74, 6) is 0.513. The van der Waals surface area contributed by atoms with E-state index < -0.39 is 33.5 Å². The van der Waals surface area contributed by atoms with Crippen molar-refractivity contribution in [3.05, 3.63) is 29.8 Å². The highest BCUT2D eigenvalue weighted by atomic mass is 32.2. The van der Waals surface area contributed by atoms with Crippen LogP contribution >= 0.6 is 0 Å². The van der Waals surface area contributed by atoms with Gasteiger partial charge in [0.1, 0.15) is 5.75 Å². The first kappa shape index (κ1) is 23.3. The molecule has 1 aromatic rings. The maximum absolute atomic E-state index is 13.0. The maximum atomic E-state index is 13.0. The van der Waals surface area contributed by atoms with Gasteiger partial charge in [0.05, 0.1) is 18.8 Å². The van der Waals surface area contributed by atoms with Crippen LogP contribution in [0.3, 0.4) is 0 Å². The number of amides is 1. The van der Waals surface area contributed by atoms with E-state index in [-0.39, 0.29) is 31.7 Å². The van der Waals surface area contributed by atoms with Crippen LogP contribution in [0.25, 0.3) is 0 Å². The van der Waals surface area contributed by atoms with E-state index in [1.165, 1.54) is 4.90 Å². The predicted molar refractivity (Wildman–Crippen MR) is 110 cm³/mol. The van der Waals surface area contributed by atoms with Crippen LogP contribution < -0.4 is 9.46 Å². The van der Waals surface area contributed by atoms with Crippen molar-refractivity contribution in [1.29, 1.82) is 0 Å². The largest absolute Gasteiger partial charge is 0.511 e. The monoisotopic (exact) mass is 476 g/mol. The van der Waals surface area contributed by atoms with Crippen molar-refractivity contribution in [2.45, 2.75) is 68.1 Å². The number of rotatable bonds is 2. The molecule has 1 aliphatic carbocycles. The lowest BCUT2D eigenvalue weighted by atomic mass is 9.82. The zero-order valence-corrected chi connectivity index (χ0v) is 18.3. The van der Waals surface area contributed by atoms with Crippen molar-refractivity contribution in [1.82, 2.24) is 9.62 Å². The second kappa shape index (κ2) is 9.18. The fourth-order valence-electron chi connectivity index (χ4n) is 4.92. The van der Waals surface area contributed by atoms with Gasteiger partial charge in [-0.25, -0.2) is 13.1 Å². The van der Waals surface area contributed by atoms with E-state index in [1.807, 2.05) is 24.3 Å². The average Bonchev–Trinajstić information content (AvgIpc) is 2.77. The highest BCUT2D eigenvalue weighted by molar-refractivity contribution is 7.90. The molecule has 3 aliphatic heterocycles. The van der Waals surface area contributed by atoms with Gasteiger partial charge in [0.15, 0.2) is 6.61 Å². The Morgan fingerprint density at radius 1 is 1.06 bits per heavy atom. The van der Waals surface area contributed by atoms with Crippen molar-refractivity contribution in [3.63, 3.8) is 0 Å². The highest BCUT2D eigenvalue weighted by Crippen LogP contribution is 2.39. The van der Waals surface area contributed by atoms with Gasteiger partial charge in [0, 0.05) is 12.6 Å². The van der Waals surface area contributed by atoms with Gasteiger partial charge in [0.2, 0.25) is 0 Å². The Morgan fingerprint density at radius 3 is 2.50 bits per heavy atom. The minimum absolute atomic E-state index is 0.0287. The SMILES string of the molecule is O=C1COc2ccccc2C2CCC(CC2)OCC2C(NS(=O)(=O)C(F)(F)F)CCCN12. The minimum Gasteiger partial charge on any atom is -0.483 e. The van der Waals surface area contributed by atoms with E-state index in [0.29, 0.717) is 18.7 Å². The molecule has 1 aromatic carbocycles. The van der Waals surface area contributed by atoms with Crippen molar-refractivity contribution < 1.29 is 35.9 Å². The summed E-state index contributed by atoms with van der Waals surface area (Å²) < 4.78 is 76.1. The fourth-order valence-corrected chi connectivity index (χ4v) is 5.73. The summed E-state index contributed by atoms with van der Waals surface area (Å²) in [6.45, 7) is -0.00310. The van der Waals surface area contributed by atoms with Crippen LogP contribution in [0.15, 0.2) is 24.3 Å². The molecule has 0 spiro atoms. The van der Waals surface area contributed by atoms with E-state index in [4.69, 9.17) is 9.47 Å². The summed E-state index contributed by atoms with van der Waals surface area (Å²) in [6, 6.07) is 5.65. The molecule has 2 atom stereocenters. The molecule has 4 aliphatic rings. The molecular weight excluding hydrogens is 449 g/mol. The number of ether oxygens (including phenoxy) is 2. The summed E-state index contributed by atoms with van der Waals surface area (Å²) in [4.78, 5) is 14.4. The molecule has 2 bridgehead atoms. The quantitative estimate of drug-likeness (QED) is 0.710. The zero-order valence-electron chi connectivity index (χ0n) is 17.5. The van der Waals surface area contributed by atoms with Crippen LogP contribution in [0.4, 0.5) is 13.2 Å². The standard InChI is InChI=1S/C21H27F3N2O5S/c22-21(23,24)32(28,29)25-17-5-3-11-26-18(17)12-30-15-9-7-14(8-10-15)16-4-1-2-6-19(16)31-13-20(26)27/h1-2,4,6,14-15,17-18,25H,3,5,7-13H2. The molecule has 11 heteroatoms. The Bertz CT molecular complexity index is 932. The minimum atomic E-state index is -5.55.